The maximum atomic E-state index is 12.6. The number of carbonyl (C=O) groups excluding carboxylic acids is 1. The number of likely N-dealkylation sites (N-methyl/N-ethyl adjacent to an activating group) is 1. The van der Waals surface area contributed by atoms with E-state index in [2.05, 4.69) is 0 Å². The van der Waals surface area contributed by atoms with Crippen LogP contribution in [0.1, 0.15) is 15.9 Å². The lowest BCUT2D eigenvalue weighted by atomic mass is 10.1. The summed E-state index contributed by atoms with van der Waals surface area (Å²) in [6.45, 7) is 0.0605. The lowest BCUT2D eigenvalue weighted by Gasteiger charge is -2.20. The van der Waals surface area contributed by atoms with Gasteiger partial charge in [0.2, 0.25) is 0 Å². The number of aldehydes is 1. The van der Waals surface area contributed by atoms with Gasteiger partial charge in [-0.2, -0.15) is 13.2 Å². The highest BCUT2D eigenvalue weighted by Gasteiger charge is 2.33. The van der Waals surface area contributed by atoms with E-state index in [9.17, 15) is 18.0 Å². The molecule has 1 aromatic carbocycles. The molecule has 1 aromatic rings. The Kier molecular flexibility index (Phi) is 4.11. The first-order valence-corrected chi connectivity index (χ1v) is 4.88. The van der Waals surface area contributed by atoms with Crippen molar-refractivity contribution in [3.8, 4) is 0 Å². The van der Waals surface area contributed by atoms with Crippen LogP contribution in [0.3, 0.4) is 0 Å². The molecule has 3 nitrogen and oxygen atoms in total. The first-order valence-electron chi connectivity index (χ1n) is 4.88. The average molecular weight is 247 g/mol. The molecule has 94 valence electrons. The van der Waals surface area contributed by atoms with E-state index in [1.165, 1.54) is 11.0 Å². The Hall–Kier alpha value is -1.56. The molecule has 0 aliphatic heterocycles. The van der Waals surface area contributed by atoms with Gasteiger partial charge in [-0.15, -0.1) is 0 Å². The van der Waals surface area contributed by atoms with Crippen molar-refractivity contribution in [1.82, 2.24) is 0 Å². The van der Waals surface area contributed by atoms with Crippen LogP contribution in [-0.4, -0.2) is 31.6 Å². The number of halogens is 3. The quantitative estimate of drug-likeness (QED) is 0.827. The summed E-state index contributed by atoms with van der Waals surface area (Å²) in [7, 11) is 1.56. The molecule has 0 aliphatic rings. The predicted molar refractivity (Wildman–Crippen MR) is 57.2 cm³/mol. The van der Waals surface area contributed by atoms with Crippen LogP contribution in [0.15, 0.2) is 18.2 Å². The fourth-order valence-corrected chi connectivity index (χ4v) is 1.41. The Labute approximate surface area is 96.5 Å². The fourth-order valence-electron chi connectivity index (χ4n) is 1.41. The summed E-state index contributed by atoms with van der Waals surface area (Å²) in [6.07, 6.45) is -4.38. The van der Waals surface area contributed by atoms with Gasteiger partial charge in [0.05, 0.1) is 12.2 Å². The summed E-state index contributed by atoms with van der Waals surface area (Å²) in [5.74, 6) is 0. The van der Waals surface area contributed by atoms with E-state index in [-0.39, 0.29) is 19.4 Å². The first-order chi connectivity index (χ1) is 7.90. The smallest absolute Gasteiger partial charge is 0.395 e. The third-order valence-electron chi connectivity index (χ3n) is 2.35. The Morgan fingerprint density at radius 1 is 1.41 bits per heavy atom. The molecule has 0 saturated heterocycles. The van der Waals surface area contributed by atoms with Gasteiger partial charge in [-0.25, -0.2) is 0 Å². The molecule has 1 N–H and O–H groups in total. The molecule has 0 atom stereocenters. The number of hydrogen-bond acceptors (Lipinski definition) is 3. The van der Waals surface area contributed by atoms with Crippen LogP contribution in [0.2, 0.25) is 0 Å². The van der Waals surface area contributed by atoms with Crippen molar-refractivity contribution in [3.63, 3.8) is 0 Å². The van der Waals surface area contributed by atoms with Gasteiger partial charge in [-0.1, -0.05) is 0 Å². The zero-order valence-electron chi connectivity index (χ0n) is 9.16. The minimum absolute atomic E-state index is 0.159. The summed E-state index contributed by atoms with van der Waals surface area (Å²) in [5, 5.41) is 8.71. The summed E-state index contributed by atoms with van der Waals surface area (Å²) >= 11 is 0. The van der Waals surface area contributed by atoms with Crippen molar-refractivity contribution < 1.29 is 23.1 Å². The molecule has 0 radical (unpaired) electrons. The molecular weight excluding hydrogens is 235 g/mol. The third-order valence-corrected chi connectivity index (χ3v) is 2.35. The SMILES string of the molecule is CN(CCO)c1ccc(C=O)c(C(F)(F)F)c1. The molecular formula is C11H12F3NO2. The highest BCUT2D eigenvalue weighted by Crippen LogP contribution is 2.33. The molecule has 17 heavy (non-hydrogen) atoms. The standard InChI is InChI=1S/C11H12F3NO2/c1-15(4-5-16)9-3-2-8(7-17)10(6-9)11(12,13)14/h2-3,6-7,16H,4-5H2,1H3. The van der Waals surface area contributed by atoms with Crippen LogP contribution in [0, 0.1) is 0 Å². The van der Waals surface area contributed by atoms with Crippen LogP contribution in [0.25, 0.3) is 0 Å². The minimum Gasteiger partial charge on any atom is -0.395 e. The summed E-state index contributed by atoms with van der Waals surface area (Å²) < 4.78 is 37.9. The molecule has 0 bridgehead atoms. The van der Waals surface area contributed by atoms with Gasteiger partial charge in [-0.05, 0) is 18.2 Å². The molecule has 0 heterocycles. The van der Waals surface area contributed by atoms with Gasteiger partial charge in [-0.3, -0.25) is 4.79 Å². The highest BCUT2D eigenvalue weighted by molar-refractivity contribution is 5.79. The van der Waals surface area contributed by atoms with Gasteiger partial charge in [0.25, 0.3) is 0 Å². The number of nitrogens with zero attached hydrogens (tertiary/aromatic N) is 1. The molecule has 0 spiro atoms. The van der Waals surface area contributed by atoms with E-state index in [0.29, 0.717) is 5.69 Å². The minimum atomic E-state index is -4.56. The van der Waals surface area contributed by atoms with Crippen LogP contribution >= 0.6 is 0 Å². The summed E-state index contributed by atoms with van der Waals surface area (Å²) in [4.78, 5) is 12.0. The van der Waals surface area contributed by atoms with Crippen molar-refractivity contribution in [1.29, 1.82) is 0 Å². The zero-order valence-corrected chi connectivity index (χ0v) is 9.16. The number of carbonyl (C=O) groups is 1. The first kappa shape index (κ1) is 13.5. The third kappa shape index (κ3) is 3.20. The van der Waals surface area contributed by atoms with E-state index >= 15 is 0 Å². The number of benzene rings is 1. The summed E-state index contributed by atoms with van der Waals surface area (Å²) in [6, 6.07) is 3.44. The Bertz CT molecular complexity index is 404. The molecule has 0 amide bonds. The lowest BCUT2D eigenvalue weighted by molar-refractivity contribution is -0.137. The van der Waals surface area contributed by atoms with Crippen LogP contribution in [0.5, 0.6) is 0 Å². The molecule has 0 fully saturated rings. The van der Waals surface area contributed by atoms with Crippen LogP contribution < -0.4 is 4.90 Å². The number of hydrogen-bond donors (Lipinski definition) is 1. The molecule has 1 rings (SSSR count). The van der Waals surface area contributed by atoms with E-state index in [4.69, 9.17) is 5.11 Å². The largest absolute Gasteiger partial charge is 0.417 e. The number of rotatable bonds is 4. The van der Waals surface area contributed by atoms with Crippen molar-refractivity contribution in [2.45, 2.75) is 6.18 Å². The van der Waals surface area contributed by atoms with E-state index < -0.39 is 17.3 Å². The average Bonchev–Trinajstić information content (AvgIpc) is 2.27. The molecule has 6 heteroatoms. The zero-order chi connectivity index (χ0) is 13.1. The van der Waals surface area contributed by atoms with Gasteiger partial charge < -0.3 is 10.0 Å². The molecule has 0 saturated carbocycles. The molecule has 0 aromatic heterocycles. The van der Waals surface area contributed by atoms with E-state index in [1.807, 2.05) is 0 Å². The highest BCUT2D eigenvalue weighted by atomic mass is 19.4. The maximum Gasteiger partial charge on any atom is 0.417 e. The Morgan fingerprint density at radius 2 is 2.06 bits per heavy atom. The topological polar surface area (TPSA) is 40.5 Å². The van der Waals surface area contributed by atoms with Crippen molar-refractivity contribution >= 4 is 12.0 Å². The van der Waals surface area contributed by atoms with Crippen molar-refractivity contribution in [2.24, 2.45) is 0 Å². The van der Waals surface area contributed by atoms with Gasteiger partial charge in [0, 0.05) is 24.8 Å². The van der Waals surface area contributed by atoms with Crippen molar-refractivity contribution in [3.05, 3.63) is 29.3 Å². The van der Waals surface area contributed by atoms with Crippen LogP contribution in [0.4, 0.5) is 18.9 Å². The van der Waals surface area contributed by atoms with E-state index in [0.717, 1.165) is 12.1 Å². The predicted octanol–water partition coefficient (Wildman–Crippen LogP) is 1.95. The Morgan fingerprint density at radius 3 is 2.53 bits per heavy atom. The summed E-state index contributed by atoms with van der Waals surface area (Å²) in [5.41, 5.74) is -1.05. The second-order valence-electron chi connectivity index (χ2n) is 3.53. The Balaban J connectivity index is 3.18. The van der Waals surface area contributed by atoms with Crippen LogP contribution in [-0.2, 0) is 6.18 Å². The lowest BCUT2D eigenvalue weighted by Crippen LogP contribution is -2.22. The number of aliphatic hydroxyl groups excluding tert-OH is 1. The van der Waals surface area contributed by atoms with E-state index in [1.54, 1.807) is 7.05 Å². The molecule has 0 aliphatic carbocycles. The second-order valence-corrected chi connectivity index (χ2v) is 3.53. The second kappa shape index (κ2) is 5.18. The van der Waals surface area contributed by atoms with Gasteiger partial charge in [0.15, 0.2) is 6.29 Å². The van der Waals surface area contributed by atoms with Crippen molar-refractivity contribution in [2.75, 3.05) is 25.1 Å². The fraction of sp³-hybridized carbons (Fsp3) is 0.364. The number of alkyl halides is 3. The van der Waals surface area contributed by atoms with Gasteiger partial charge >= 0.3 is 6.18 Å². The number of aliphatic hydroxyl groups is 1. The monoisotopic (exact) mass is 247 g/mol. The maximum absolute atomic E-state index is 12.6. The number of anilines is 1. The normalized spacial score (nSPS) is 11.4. The molecule has 0 unspecified atom stereocenters. The van der Waals surface area contributed by atoms with Gasteiger partial charge in [0.1, 0.15) is 0 Å².